The van der Waals surface area contributed by atoms with Crippen LogP contribution in [0.25, 0.3) is 5.82 Å². The summed E-state index contributed by atoms with van der Waals surface area (Å²) in [6, 6.07) is 6.02. The number of hydrogen-bond donors (Lipinski definition) is 1. The molecule has 1 fully saturated rings. The van der Waals surface area contributed by atoms with Crippen LogP contribution in [0.3, 0.4) is 0 Å². The molecule has 0 saturated carbocycles. The number of nitrogens with zero attached hydrogens (tertiary/aromatic N) is 6. The first-order chi connectivity index (χ1) is 14.8. The molecule has 4 rings (SSSR count). The summed E-state index contributed by atoms with van der Waals surface area (Å²) in [6.07, 6.45) is 0.533. The summed E-state index contributed by atoms with van der Waals surface area (Å²) in [5.41, 5.74) is -0.693. The quantitative estimate of drug-likeness (QED) is 0.688. The lowest BCUT2D eigenvalue weighted by Gasteiger charge is -2.35. The number of carbonyl (C=O) groups excluding carboxylic acids is 1. The number of piperazine rings is 1. The van der Waals surface area contributed by atoms with Crippen molar-refractivity contribution in [1.82, 2.24) is 24.4 Å². The van der Waals surface area contributed by atoms with E-state index in [9.17, 15) is 18.0 Å². The van der Waals surface area contributed by atoms with E-state index in [1.54, 1.807) is 11.1 Å². The maximum absolute atomic E-state index is 12.9. The Bertz CT molecular complexity index is 1070. The number of imidazole rings is 1. The average Bonchev–Trinajstić information content (AvgIpc) is 3.19. The Kier molecular flexibility index (Phi) is 5.49. The van der Waals surface area contributed by atoms with Crippen molar-refractivity contribution in [2.45, 2.75) is 13.1 Å². The highest BCUT2D eigenvalue weighted by Gasteiger charge is 2.30. The van der Waals surface area contributed by atoms with Gasteiger partial charge in [-0.1, -0.05) is 6.07 Å². The van der Waals surface area contributed by atoms with Gasteiger partial charge >= 0.3 is 12.2 Å². The van der Waals surface area contributed by atoms with Gasteiger partial charge in [-0.3, -0.25) is 4.57 Å². The summed E-state index contributed by atoms with van der Waals surface area (Å²) >= 11 is 0. The van der Waals surface area contributed by atoms with Crippen molar-refractivity contribution >= 4 is 17.5 Å². The molecule has 1 aliphatic rings. The summed E-state index contributed by atoms with van der Waals surface area (Å²) < 4.78 is 40.4. The number of aryl methyl sites for hydroxylation is 1. The van der Waals surface area contributed by atoms with Crippen molar-refractivity contribution in [1.29, 1.82) is 0 Å². The first-order valence-corrected chi connectivity index (χ1v) is 9.62. The molecule has 0 unspecified atom stereocenters. The van der Waals surface area contributed by atoms with Crippen LogP contribution in [0.4, 0.5) is 29.5 Å². The molecule has 2 aromatic heterocycles. The monoisotopic (exact) mass is 431 g/mol. The molecule has 3 aromatic rings. The van der Waals surface area contributed by atoms with Gasteiger partial charge in [0.2, 0.25) is 0 Å². The molecule has 2 amide bonds. The van der Waals surface area contributed by atoms with Crippen LogP contribution < -0.4 is 10.2 Å². The zero-order valence-electron chi connectivity index (χ0n) is 16.7. The first kappa shape index (κ1) is 20.6. The van der Waals surface area contributed by atoms with Crippen LogP contribution in [0.2, 0.25) is 0 Å². The molecule has 1 N–H and O–H groups in total. The molecular weight excluding hydrogens is 411 g/mol. The lowest BCUT2D eigenvalue weighted by Crippen LogP contribution is -2.50. The number of carbonyl (C=O) groups is 1. The van der Waals surface area contributed by atoms with Crippen molar-refractivity contribution in [2.24, 2.45) is 0 Å². The van der Waals surface area contributed by atoms with Gasteiger partial charge < -0.3 is 15.1 Å². The summed E-state index contributed by atoms with van der Waals surface area (Å²) in [5.74, 6) is 2.24. The zero-order valence-corrected chi connectivity index (χ0v) is 16.7. The third kappa shape index (κ3) is 4.60. The fourth-order valence-electron chi connectivity index (χ4n) is 3.38. The van der Waals surface area contributed by atoms with Gasteiger partial charge in [0.15, 0.2) is 0 Å². The second-order valence-electron chi connectivity index (χ2n) is 7.06. The number of nitrogens with one attached hydrogen (secondary N) is 1. The highest BCUT2D eigenvalue weighted by atomic mass is 19.4. The number of amides is 2. The Morgan fingerprint density at radius 3 is 2.45 bits per heavy atom. The minimum atomic E-state index is -4.46. The number of hydrogen-bond acceptors (Lipinski definition) is 5. The van der Waals surface area contributed by atoms with Gasteiger partial charge in [-0.2, -0.15) is 13.2 Å². The molecule has 162 valence electrons. The van der Waals surface area contributed by atoms with Crippen molar-refractivity contribution in [3.05, 3.63) is 60.4 Å². The van der Waals surface area contributed by atoms with Crippen LogP contribution in [0.15, 0.2) is 49.1 Å². The Hall–Kier alpha value is -3.63. The normalized spacial score (nSPS) is 14.6. The predicted octanol–water partition coefficient (Wildman–Crippen LogP) is 3.34. The molecule has 0 atom stereocenters. The number of aromatic nitrogens is 4. The van der Waals surface area contributed by atoms with E-state index in [1.807, 2.05) is 28.7 Å². The molecule has 0 aliphatic carbocycles. The Balaban J connectivity index is 1.38. The molecule has 1 saturated heterocycles. The second-order valence-corrected chi connectivity index (χ2v) is 7.06. The molecule has 3 heterocycles. The third-order valence-corrected chi connectivity index (χ3v) is 5.04. The zero-order chi connectivity index (χ0) is 22.0. The van der Waals surface area contributed by atoms with E-state index in [2.05, 4.69) is 20.3 Å². The van der Waals surface area contributed by atoms with E-state index in [0.29, 0.717) is 32.0 Å². The van der Waals surface area contributed by atoms with Gasteiger partial charge in [-0.05, 0) is 25.1 Å². The predicted molar refractivity (Wildman–Crippen MR) is 108 cm³/mol. The molecular formula is C20H20F3N7O. The van der Waals surface area contributed by atoms with Gasteiger partial charge in [0.05, 0.1) is 5.56 Å². The van der Waals surface area contributed by atoms with Crippen molar-refractivity contribution < 1.29 is 18.0 Å². The molecule has 11 heteroatoms. The van der Waals surface area contributed by atoms with Crippen molar-refractivity contribution in [3.8, 4) is 5.82 Å². The summed E-state index contributed by atoms with van der Waals surface area (Å²) in [7, 11) is 0. The maximum atomic E-state index is 12.9. The number of anilines is 2. The molecule has 0 spiro atoms. The molecule has 8 nitrogen and oxygen atoms in total. The van der Waals surface area contributed by atoms with E-state index in [-0.39, 0.29) is 5.69 Å². The van der Waals surface area contributed by atoms with E-state index in [0.717, 1.165) is 23.8 Å². The Morgan fingerprint density at radius 1 is 1.03 bits per heavy atom. The van der Waals surface area contributed by atoms with E-state index in [1.165, 1.54) is 18.5 Å². The molecule has 1 aliphatic heterocycles. The summed E-state index contributed by atoms with van der Waals surface area (Å²) in [5, 5.41) is 2.55. The van der Waals surface area contributed by atoms with Gasteiger partial charge in [-0.25, -0.2) is 19.7 Å². The smallest absolute Gasteiger partial charge is 0.353 e. The number of urea groups is 1. The molecule has 0 radical (unpaired) electrons. The molecule has 0 bridgehead atoms. The topological polar surface area (TPSA) is 79.2 Å². The largest absolute Gasteiger partial charge is 0.416 e. The second kappa shape index (κ2) is 8.25. The highest BCUT2D eigenvalue weighted by molar-refractivity contribution is 5.89. The SMILES string of the molecule is Cc1nccn1-c1cc(N2CCN(C(=O)Nc3cccc(C(F)(F)F)c3)CC2)ncn1. The van der Waals surface area contributed by atoms with Gasteiger partial charge in [0.1, 0.15) is 23.8 Å². The lowest BCUT2D eigenvalue weighted by molar-refractivity contribution is -0.137. The highest BCUT2D eigenvalue weighted by Crippen LogP contribution is 2.30. The number of benzene rings is 1. The van der Waals surface area contributed by atoms with Crippen LogP contribution in [0, 0.1) is 6.92 Å². The van der Waals surface area contributed by atoms with Crippen LogP contribution in [-0.2, 0) is 6.18 Å². The van der Waals surface area contributed by atoms with Crippen LogP contribution in [0.1, 0.15) is 11.4 Å². The third-order valence-electron chi connectivity index (χ3n) is 5.04. The minimum absolute atomic E-state index is 0.110. The fourth-order valence-corrected chi connectivity index (χ4v) is 3.38. The first-order valence-electron chi connectivity index (χ1n) is 9.62. The standard InChI is InChI=1S/C20H20F3N7O/c1-14-24-5-6-30(14)18-12-17(25-13-26-18)28-7-9-29(10-8-28)19(31)27-16-4-2-3-15(11-16)20(21,22)23/h2-6,11-13H,7-10H2,1H3,(H,27,31). The minimum Gasteiger partial charge on any atom is -0.353 e. The van der Waals surface area contributed by atoms with E-state index >= 15 is 0 Å². The summed E-state index contributed by atoms with van der Waals surface area (Å²) in [4.78, 5) is 28.9. The van der Waals surface area contributed by atoms with Gasteiger partial charge in [0, 0.05) is 50.3 Å². The van der Waals surface area contributed by atoms with Crippen LogP contribution >= 0.6 is 0 Å². The van der Waals surface area contributed by atoms with Crippen LogP contribution in [0.5, 0.6) is 0 Å². The van der Waals surface area contributed by atoms with Crippen molar-refractivity contribution in [3.63, 3.8) is 0 Å². The van der Waals surface area contributed by atoms with Crippen molar-refractivity contribution in [2.75, 3.05) is 36.4 Å². The van der Waals surface area contributed by atoms with E-state index in [4.69, 9.17) is 0 Å². The number of rotatable bonds is 3. The van der Waals surface area contributed by atoms with E-state index < -0.39 is 17.8 Å². The summed E-state index contributed by atoms with van der Waals surface area (Å²) in [6.45, 7) is 3.77. The fraction of sp³-hybridized carbons (Fsp3) is 0.300. The maximum Gasteiger partial charge on any atom is 0.416 e. The number of alkyl halides is 3. The van der Waals surface area contributed by atoms with Gasteiger partial charge in [0.25, 0.3) is 0 Å². The number of halogens is 3. The average molecular weight is 431 g/mol. The van der Waals surface area contributed by atoms with Gasteiger partial charge in [-0.15, -0.1) is 0 Å². The lowest BCUT2D eigenvalue weighted by atomic mass is 10.2. The molecule has 31 heavy (non-hydrogen) atoms. The Morgan fingerprint density at radius 2 is 1.77 bits per heavy atom. The van der Waals surface area contributed by atoms with Crippen LogP contribution in [-0.4, -0.2) is 56.6 Å². The molecule has 1 aromatic carbocycles. The Labute approximate surface area is 176 Å².